The van der Waals surface area contributed by atoms with Crippen LogP contribution in [0.15, 0.2) is 40.5 Å². The van der Waals surface area contributed by atoms with Crippen LogP contribution in [0.5, 0.6) is 5.75 Å². The Morgan fingerprint density at radius 3 is 2.17 bits per heavy atom. The van der Waals surface area contributed by atoms with Gasteiger partial charge >= 0.3 is 5.97 Å². The molecule has 198 valence electrons. The second kappa shape index (κ2) is 15.0. The third-order valence-electron chi connectivity index (χ3n) is 5.82. The minimum Gasteiger partial charge on any atom is -0.489 e. The molecule has 0 saturated heterocycles. The SMILES string of the molecule is COCCOCCOc1cc(C(=O)OCC2=C(C)C(=O)C(C)=C(C)C2=O)ccc1N(CCCl)CCCl. The standard InChI is InChI=1S/C26H33Cl2NO7/c1-17-18(2)25(31)21(19(3)24(17)30)16-36-26(32)20-5-6-22(29(9-7-27)10-8-28)23(15-20)35-14-13-34-12-11-33-4/h5-6,15H,7-14,16H2,1-4H3. The van der Waals surface area contributed by atoms with Crippen LogP contribution in [0.25, 0.3) is 0 Å². The number of carbonyl (C=O) groups is 3. The number of allylic oxidation sites excluding steroid dienone is 3. The lowest BCUT2D eigenvalue weighted by molar-refractivity contribution is -0.116. The van der Waals surface area contributed by atoms with Gasteiger partial charge in [-0.05, 0) is 39.0 Å². The molecule has 0 saturated carbocycles. The summed E-state index contributed by atoms with van der Waals surface area (Å²) in [5.41, 5.74) is 2.22. The Balaban J connectivity index is 2.20. The summed E-state index contributed by atoms with van der Waals surface area (Å²) in [6, 6.07) is 4.93. The van der Waals surface area contributed by atoms with Gasteiger partial charge in [0.15, 0.2) is 11.6 Å². The number of esters is 1. The number of benzene rings is 1. The number of Topliss-reactive ketones (excluding diaryl/α,β-unsaturated/α-hetero) is 2. The quantitative estimate of drug-likeness (QED) is 0.142. The van der Waals surface area contributed by atoms with E-state index in [1.165, 1.54) is 0 Å². The van der Waals surface area contributed by atoms with Gasteiger partial charge in [-0.1, -0.05) is 0 Å². The molecular formula is C26H33Cl2NO7. The molecule has 0 amide bonds. The number of anilines is 1. The van der Waals surface area contributed by atoms with Gasteiger partial charge in [0.1, 0.15) is 19.0 Å². The molecule has 0 atom stereocenters. The first kappa shape index (κ1) is 29.8. The summed E-state index contributed by atoms with van der Waals surface area (Å²) in [4.78, 5) is 39.8. The molecule has 1 aliphatic rings. The molecule has 1 aromatic carbocycles. The van der Waals surface area contributed by atoms with Crippen molar-refractivity contribution in [3.8, 4) is 5.75 Å². The van der Waals surface area contributed by atoms with Gasteiger partial charge in [0.05, 0.1) is 31.1 Å². The molecule has 0 unspecified atom stereocenters. The van der Waals surface area contributed by atoms with Crippen molar-refractivity contribution in [1.29, 1.82) is 0 Å². The van der Waals surface area contributed by atoms with Crippen molar-refractivity contribution in [3.63, 3.8) is 0 Å². The Morgan fingerprint density at radius 2 is 1.53 bits per heavy atom. The van der Waals surface area contributed by atoms with E-state index in [9.17, 15) is 14.4 Å². The Hall–Kier alpha value is -2.39. The normalized spacial score (nSPS) is 13.9. The molecule has 0 aromatic heterocycles. The third kappa shape index (κ3) is 7.80. The summed E-state index contributed by atoms with van der Waals surface area (Å²) in [6.07, 6.45) is 0. The number of carbonyl (C=O) groups excluding carboxylic acids is 3. The number of rotatable bonds is 15. The maximum absolute atomic E-state index is 12.9. The highest BCUT2D eigenvalue weighted by Gasteiger charge is 2.28. The number of hydrogen-bond acceptors (Lipinski definition) is 8. The zero-order valence-electron chi connectivity index (χ0n) is 21.2. The Labute approximate surface area is 222 Å². The van der Waals surface area contributed by atoms with Crippen LogP contribution in [0.1, 0.15) is 31.1 Å². The van der Waals surface area contributed by atoms with Crippen molar-refractivity contribution in [2.45, 2.75) is 20.8 Å². The molecule has 0 fully saturated rings. The molecule has 0 N–H and O–H groups in total. The average molecular weight is 542 g/mol. The van der Waals surface area contributed by atoms with E-state index in [4.69, 9.17) is 42.1 Å². The van der Waals surface area contributed by atoms with Crippen LogP contribution >= 0.6 is 23.2 Å². The van der Waals surface area contributed by atoms with E-state index in [-0.39, 0.29) is 35.9 Å². The summed E-state index contributed by atoms with van der Waals surface area (Å²) in [6.45, 7) is 7.05. The van der Waals surface area contributed by atoms with Crippen LogP contribution < -0.4 is 9.64 Å². The fourth-order valence-electron chi connectivity index (χ4n) is 3.58. The van der Waals surface area contributed by atoms with Crippen molar-refractivity contribution in [3.05, 3.63) is 46.1 Å². The highest BCUT2D eigenvalue weighted by molar-refractivity contribution is 6.24. The van der Waals surface area contributed by atoms with Crippen molar-refractivity contribution in [1.82, 2.24) is 0 Å². The third-order valence-corrected chi connectivity index (χ3v) is 6.16. The molecule has 36 heavy (non-hydrogen) atoms. The number of ether oxygens (including phenoxy) is 4. The monoisotopic (exact) mass is 541 g/mol. The van der Waals surface area contributed by atoms with E-state index in [0.717, 1.165) is 5.69 Å². The predicted octanol–water partition coefficient (Wildman–Crippen LogP) is 3.97. The van der Waals surface area contributed by atoms with Crippen molar-refractivity contribution in [2.75, 3.05) is 69.9 Å². The van der Waals surface area contributed by atoms with E-state index in [2.05, 4.69) is 0 Å². The zero-order valence-corrected chi connectivity index (χ0v) is 22.7. The van der Waals surface area contributed by atoms with E-state index >= 15 is 0 Å². The smallest absolute Gasteiger partial charge is 0.338 e. The van der Waals surface area contributed by atoms with Gasteiger partial charge in [0.2, 0.25) is 0 Å². The number of halogens is 2. The van der Waals surface area contributed by atoms with Crippen LogP contribution in [-0.4, -0.2) is 82.5 Å². The highest BCUT2D eigenvalue weighted by Crippen LogP contribution is 2.31. The molecule has 0 bridgehead atoms. The van der Waals surface area contributed by atoms with E-state index in [0.29, 0.717) is 67.1 Å². The molecule has 0 radical (unpaired) electrons. The predicted molar refractivity (Wildman–Crippen MR) is 140 cm³/mol. The highest BCUT2D eigenvalue weighted by atomic mass is 35.5. The Kier molecular flexibility index (Phi) is 12.4. The fourth-order valence-corrected chi connectivity index (χ4v) is 3.99. The first-order chi connectivity index (χ1) is 17.3. The summed E-state index contributed by atoms with van der Waals surface area (Å²) < 4.78 is 21.8. The van der Waals surface area contributed by atoms with Crippen molar-refractivity contribution >= 4 is 46.4 Å². The lowest BCUT2D eigenvalue weighted by atomic mass is 9.86. The van der Waals surface area contributed by atoms with Gasteiger partial charge in [0, 0.05) is 54.3 Å². The van der Waals surface area contributed by atoms with Gasteiger partial charge in [-0.2, -0.15) is 0 Å². The van der Waals surface area contributed by atoms with Crippen LogP contribution in [-0.2, 0) is 23.8 Å². The molecule has 0 heterocycles. The maximum Gasteiger partial charge on any atom is 0.338 e. The molecular weight excluding hydrogens is 509 g/mol. The number of ketones is 2. The lowest BCUT2D eigenvalue weighted by Gasteiger charge is -2.26. The minimum atomic E-state index is -0.645. The molecule has 8 nitrogen and oxygen atoms in total. The summed E-state index contributed by atoms with van der Waals surface area (Å²) >= 11 is 11.9. The average Bonchev–Trinajstić information content (AvgIpc) is 2.88. The van der Waals surface area contributed by atoms with E-state index < -0.39 is 5.97 Å². The number of alkyl halides is 2. The van der Waals surface area contributed by atoms with Gasteiger partial charge < -0.3 is 23.8 Å². The van der Waals surface area contributed by atoms with E-state index in [1.807, 2.05) is 4.90 Å². The molecule has 1 aliphatic carbocycles. The van der Waals surface area contributed by atoms with Crippen molar-refractivity contribution in [2.24, 2.45) is 0 Å². The number of hydrogen-bond donors (Lipinski definition) is 0. The molecule has 2 rings (SSSR count). The molecule has 10 heteroatoms. The second-order valence-electron chi connectivity index (χ2n) is 8.09. The zero-order chi connectivity index (χ0) is 26.7. The van der Waals surface area contributed by atoms with Crippen LogP contribution in [0.2, 0.25) is 0 Å². The first-order valence-corrected chi connectivity index (χ1v) is 12.7. The Bertz CT molecular complexity index is 1010. The molecule has 0 spiro atoms. The fraction of sp³-hybridized carbons (Fsp3) is 0.500. The van der Waals surface area contributed by atoms with Gasteiger partial charge in [-0.15, -0.1) is 23.2 Å². The Morgan fingerprint density at radius 1 is 0.889 bits per heavy atom. The summed E-state index contributed by atoms with van der Waals surface area (Å²) in [5, 5.41) is 0. The first-order valence-electron chi connectivity index (χ1n) is 11.6. The summed E-state index contributed by atoms with van der Waals surface area (Å²) in [7, 11) is 1.60. The van der Waals surface area contributed by atoms with Crippen molar-refractivity contribution < 1.29 is 33.3 Å². The maximum atomic E-state index is 12.9. The minimum absolute atomic E-state index is 0.188. The van der Waals surface area contributed by atoms with Gasteiger partial charge in [0.25, 0.3) is 0 Å². The van der Waals surface area contributed by atoms with E-state index in [1.54, 1.807) is 46.1 Å². The number of methoxy groups -OCH3 is 1. The topological polar surface area (TPSA) is 91.4 Å². The largest absolute Gasteiger partial charge is 0.489 e. The van der Waals surface area contributed by atoms with Crippen LogP contribution in [0.4, 0.5) is 5.69 Å². The lowest BCUT2D eigenvalue weighted by Crippen LogP contribution is -2.28. The van der Waals surface area contributed by atoms with Crippen LogP contribution in [0.3, 0.4) is 0 Å². The van der Waals surface area contributed by atoms with Crippen LogP contribution in [0, 0.1) is 0 Å². The van der Waals surface area contributed by atoms with Gasteiger partial charge in [-0.25, -0.2) is 4.79 Å². The summed E-state index contributed by atoms with van der Waals surface area (Å²) in [5.74, 6) is 0.0636. The molecule has 1 aromatic rings. The van der Waals surface area contributed by atoms with Gasteiger partial charge in [-0.3, -0.25) is 9.59 Å². The number of nitrogens with zero attached hydrogens (tertiary/aromatic N) is 1. The molecule has 0 aliphatic heterocycles. The second-order valence-corrected chi connectivity index (χ2v) is 8.85.